The molecule has 4 heterocycles. The molecule has 13 heteroatoms. The second kappa shape index (κ2) is 5.87. The second-order valence-corrected chi connectivity index (χ2v) is 7.20. The lowest BCUT2D eigenvalue weighted by Crippen LogP contribution is -2.40. The number of hydrogen-bond acceptors (Lipinski definition) is 9. The molecule has 25 heavy (non-hydrogen) atoms. The fourth-order valence-electron chi connectivity index (χ4n) is 3.12. The summed E-state index contributed by atoms with van der Waals surface area (Å²) in [7, 11) is -3.14. The molecule has 0 amide bonds. The maximum absolute atomic E-state index is 11.9. The molecular formula is C12H16N5O7P. The van der Waals surface area contributed by atoms with Crippen LogP contribution in [0.4, 0.5) is 5.95 Å². The van der Waals surface area contributed by atoms with Gasteiger partial charge in [0, 0.05) is 13.7 Å². The van der Waals surface area contributed by atoms with E-state index in [-0.39, 0.29) is 17.1 Å². The lowest BCUT2D eigenvalue weighted by molar-refractivity contribution is -0.0658. The normalized spacial score (nSPS) is 31.3. The molecular weight excluding hydrogens is 357 g/mol. The van der Waals surface area contributed by atoms with Crippen molar-refractivity contribution in [2.75, 3.05) is 19.5 Å². The zero-order chi connectivity index (χ0) is 17.8. The number of H-pyrrole nitrogens is 1. The summed E-state index contributed by atoms with van der Waals surface area (Å²) in [5.74, 6) is -0.0619. The highest BCUT2D eigenvalue weighted by atomic mass is 31.2. The van der Waals surface area contributed by atoms with Gasteiger partial charge < -0.3 is 20.1 Å². The Balaban J connectivity index is 1.72. The van der Waals surface area contributed by atoms with Crippen LogP contribution >= 0.6 is 7.82 Å². The van der Waals surface area contributed by atoms with Gasteiger partial charge in [0.1, 0.15) is 12.2 Å². The van der Waals surface area contributed by atoms with Crippen molar-refractivity contribution in [1.29, 1.82) is 0 Å². The Morgan fingerprint density at radius 2 is 2.36 bits per heavy atom. The average molecular weight is 373 g/mol. The first-order valence-corrected chi connectivity index (χ1v) is 8.95. The third-order valence-electron chi connectivity index (χ3n) is 4.21. The van der Waals surface area contributed by atoms with Gasteiger partial charge in [-0.15, -0.1) is 0 Å². The van der Waals surface area contributed by atoms with Crippen LogP contribution in [0.2, 0.25) is 0 Å². The number of imidazole rings is 1. The topological polar surface area (TPSA) is 164 Å². The van der Waals surface area contributed by atoms with Crippen molar-refractivity contribution in [2.24, 2.45) is 0 Å². The molecule has 0 radical (unpaired) electrons. The second-order valence-electron chi connectivity index (χ2n) is 5.69. The molecule has 0 saturated carbocycles. The molecule has 2 aliphatic heterocycles. The van der Waals surface area contributed by atoms with E-state index in [0.717, 1.165) is 7.11 Å². The Labute approximate surface area is 140 Å². The Morgan fingerprint density at radius 1 is 1.56 bits per heavy atom. The standard InChI is InChI=1S/C12H16N5O7P/c1-21-25(19,20)24-7-5-2-3-22-8(7)11(23-5)17-4-14-6-9(17)15-12(13)16-10(6)18/h4-5,7-8,11H,2-3H2,1H3,(H,19,20)(H3,13,15,16,18)/t5-,7?,8?,11+/m0/s1. The summed E-state index contributed by atoms with van der Waals surface area (Å²) in [5, 5.41) is 0. The van der Waals surface area contributed by atoms with Gasteiger partial charge in [-0.3, -0.25) is 23.4 Å². The Hall–Kier alpha value is -1.82. The molecule has 2 aliphatic rings. The maximum Gasteiger partial charge on any atom is 0.472 e. The number of fused-ring (bicyclic) bond motifs is 3. The summed E-state index contributed by atoms with van der Waals surface area (Å²) in [6, 6.07) is 0. The first-order chi connectivity index (χ1) is 11.9. The fourth-order valence-corrected chi connectivity index (χ4v) is 3.76. The smallest absolute Gasteiger partial charge is 0.371 e. The Morgan fingerprint density at radius 3 is 3.12 bits per heavy atom. The maximum atomic E-state index is 11.9. The predicted molar refractivity (Wildman–Crippen MR) is 82.5 cm³/mol. The minimum absolute atomic E-state index is 0.0619. The zero-order valence-electron chi connectivity index (χ0n) is 13.1. The van der Waals surface area contributed by atoms with E-state index in [2.05, 4.69) is 19.5 Å². The van der Waals surface area contributed by atoms with Crippen LogP contribution < -0.4 is 11.3 Å². The summed E-state index contributed by atoms with van der Waals surface area (Å²) in [5.41, 5.74) is 5.44. The number of aromatic nitrogens is 4. The lowest BCUT2D eigenvalue weighted by Gasteiger charge is -2.29. The predicted octanol–water partition coefficient (Wildman–Crippen LogP) is -0.480. The van der Waals surface area contributed by atoms with E-state index in [0.29, 0.717) is 13.0 Å². The quantitative estimate of drug-likeness (QED) is 0.596. The van der Waals surface area contributed by atoms with Crippen LogP contribution in [0.15, 0.2) is 11.1 Å². The number of aromatic amines is 1. The molecule has 2 aromatic heterocycles. The highest BCUT2D eigenvalue weighted by molar-refractivity contribution is 7.47. The van der Waals surface area contributed by atoms with E-state index in [1.165, 1.54) is 10.9 Å². The van der Waals surface area contributed by atoms with Crippen molar-refractivity contribution in [2.45, 2.75) is 31.0 Å². The molecule has 0 spiro atoms. The lowest BCUT2D eigenvalue weighted by atomic mass is 10.1. The molecule has 3 unspecified atom stereocenters. The van der Waals surface area contributed by atoms with E-state index >= 15 is 0 Å². The summed E-state index contributed by atoms with van der Waals surface area (Å²) >= 11 is 0. The Bertz CT molecular complexity index is 913. The van der Waals surface area contributed by atoms with Gasteiger partial charge in [-0.1, -0.05) is 0 Å². The molecule has 12 nitrogen and oxygen atoms in total. The third kappa shape index (κ3) is 2.76. The SMILES string of the molecule is COP(=O)(O)OC1C2OCC[C@@H]1O[C@H]2n1cnc2c(=O)[nH]c(N)nc21. The summed E-state index contributed by atoms with van der Waals surface area (Å²) in [4.78, 5) is 32.0. The van der Waals surface area contributed by atoms with Crippen LogP contribution in [-0.4, -0.2) is 56.4 Å². The van der Waals surface area contributed by atoms with Gasteiger partial charge in [0.25, 0.3) is 5.56 Å². The van der Waals surface area contributed by atoms with E-state index in [1.807, 2.05) is 0 Å². The van der Waals surface area contributed by atoms with Gasteiger partial charge in [-0.2, -0.15) is 4.98 Å². The summed E-state index contributed by atoms with van der Waals surface area (Å²) < 4.78 is 34.5. The monoisotopic (exact) mass is 373 g/mol. The summed E-state index contributed by atoms with van der Waals surface area (Å²) in [6.07, 6.45) is -0.874. The molecule has 2 aromatic rings. The van der Waals surface area contributed by atoms with E-state index in [4.69, 9.17) is 19.7 Å². The van der Waals surface area contributed by atoms with E-state index < -0.39 is 37.9 Å². The highest BCUT2D eigenvalue weighted by Crippen LogP contribution is 2.50. The van der Waals surface area contributed by atoms with Crippen LogP contribution in [0.3, 0.4) is 0 Å². The van der Waals surface area contributed by atoms with Crippen molar-refractivity contribution in [3.63, 3.8) is 0 Å². The zero-order valence-corrected chi connectivity index (χ0v) is 14.0. The number of nitrogens with zero attached hydrogens (tertiary/aromatic N) is 3. The number of phosphoric acid groups is 1. The van der Waals surface area contributed by atoms with Crippen molar-refractivity contribution in [3.8, 4) is 0 Å². The minimum Gasteiger partial charge on any atom is -0.371 e. The fraction of sp³-hybridized carbons (Fsp3) is 0.583. The number of nitrogen functional groups attached to an aromatic ring is 1. The van der Waals surface area contributed by atoms with Gasteiger partial charge in [-0.05, 0) is 6.42 Å². The van der Waals surface area contributed by atoms with Gasteiger partial charge in [0.05, 0.1) is 12.4 Å². The molecule has 4 N–H and O–H groups in total. The first kappa shape index (κ1) is 16.6. The highest BCUT2D eigenvalue weighted by Gasteiger charge is 2.52. The number of hydrogen-bond donors (Lipinski definition) is 3. The largest absolute Gasteiger partial charge is 0.472 e. The Kier molecular flexibility index (Phi) is 3.90. The van der Waals surface area contributed by atoms with Gasteiger partial charge in [0.15, 0.2) is 17.4 Å². The first-order valence-electron chi connectivity index (χ1n) is 7.46. The van der Waals surface area contributed by atoms with Crippen molar-refractivity contribution >= 4 is 24.9 Å². The number of ether oxygens (including phenoxy) is 2. The van der Waals surface area contributed by atoms with Crippen molar-refractivity contribution in [1.82, 2.24) is 19.5 Å². The molecule has 0 aliphatic carbocycles. The van der Waals surface area contributed by atoms with Gasteiger partial charge >= 0.3 is 7.82 Å². The molecule has 0 aromatic carbocycles. The van der Waals surface area contributed by atoms with Crippen molar-refractivity contribution < 1.29 is 28.0 Å². The van der Waals surface area contributed by atoms with E-state index in [1.54, 1.807) is 0 Å². The third-order valence-corrected chi connectivity index (χ3v) is 5.18. The number of anilines is 1. The average Bonchev–Trinajstić information content (AvgIpc) is 3.03. The van der Waals surface area contributed by atoms with Crippen LogP contribution in [0.25, 0.3) is 11.2 Å². The number of nitrogens with two attached hydrogens (primary N) is 1. The van der Waals surface area contributed by atoms with Crippen LogP contribution in [0.5, 0.6) is 0 Å². The number of rotatable bonds is 4. The van der Waals surface area contributed by atoms with Gasteiger partial charge in [0.2, 0.25) is 5.95 Å². The molecule has 2 saturated heterocycles. The molecule has 2 bridgehead atoms. The molecule has 136 valence electrons. The summed E-state index contributed by atoms with van der Waals surface area (Å²) in [6.45, 7) is 0.400. The van der Waals surface area contributed by atoms with Crippen LogP contribution in [0, 0.1) is 0 Å². The number of phosphoric ester groups is 1. The number of nitrogens with one attached hydrogen (secondary N) is 1. The molecule has 2 fully saturated rings. The molecule has 4 rings (SSSR count). The van der Waals surface area contributed by atoms with Crippen molar-refractivity contribution in [3.05, 3.63) is 16.7 Å². The molecule has 5 atom stereocenters. The van der Waals surface area contributed by atoms with Crippen LogP contribution in [0.1, 0.15) is 12.6 Å². The van der Waals surface area contributed by atoms with E-state index in [9.17, 15) is 14.3 Å². The van der Waals surface area contributed by atoms with Gasteiger partial charge in [-0.25, -0.2) is 9.55 Å². The minimum atomic E-state index is -4.22. The van der Waals surface area contributed by atoms with Crippen LogP contribution in [-0.2, 0) is 23.1 Å².